The number of aliphatic carboxylic acids is 1. The quantitative estimate of drug-likeness (QED) is 0.542. The van der Waals surface area contributed by atoms with Crippen LogP contribution in [0.4, 0.5) is 0 Å². The summed E-state index contributed by atoms with van der Waals surface area (Å²) in [5.74, 6) is -0.639. The summed E-state index contributed by atoms with van der Waals surface area (Å²) in [6.45, 7) is 0. The Kier molecular flexibility index (Phi) is 11.7. The summed E-state index contributed by atoms with van der Waals surface area (Å²) in [6, 6.07) is 0. The first-order valence-corrected chi connectivity index (χ1v) is 2.08. The van der Waals surface area contributed by atoms with E-state index < -0.39 is 5.97 Å². The number of alkyl halides is 1. The van der Waals surface area contributed by atoms with Crippen LogP contribution >= 0.6 is 11.6 Å². The van der Waals surface area contributed by atoms with Crippen molar-refractivity contribution >= 4 is 66.5 Å². The van der Waals surface area contributed by atoms with Crippen molar-refractivity contribution in [2.75, 3.05) is 5.88 Å². The predicted octanol–water partition coefficient (Wildman–Crippen LogP) is -0.216. The number of hydrogen-bond donors (Lipinski definition) is 1. The number of rotatable bonds is 2. The molecule has 0 rings (SSSR count). The van der Waals surface area contributed by atoms with E-state index in [1.165, 1.54) is 0 Å². The third kappa shape index (κ3) is 11.1. The van der Waals surface area contributed by atoms with Gasteiger partial charge in [0.15, 0.2) is 0 Å². The molecule has 0 aliphatic rings. The molecule has 0 atom stereocenters. The van der Waals surface area contributed by atoms with Gasteiger partial charge < -0.3 is 5.11 Å². The second-order valence-electron chi connectivity index (χ2n) is 0.833. The Labute approximate surface area is 87.3 Å². The van der Waals surface area contributed by atoms with Crippen molar-refractivity contribution in [2.24, 2.45) is 0 Å². The van der Waals surface area contributed by atoms with Gasteiger partial charge in [0.25, 0.3) is 0 Å². The van der Waals surface area contributed by atoms with Gasteiger partial charge in [-0.2, -0.15) is 0 Å². The van der Waals surface area contributed by atoms with E-state index in [1.54, 1.807) is 0 Å². The van der Waals surface area contributed by atoms with Crippen LogP contribution in [-0.4, -0.2) is 65.8 Å². The summed E-state index contributed by atoms with van der Waals surface area (Å²) in [5.41, 5.74) is 0. The Bertz CT molecular complexity index is 56.9. The summed E-state index contributed by atoms with van der Waals surface area (Å²) >= 11 is 5.02. The van der Waals surface area contributed by atoms with Gasteiger partial charge in [-0.15, -0.1) is 11.6 Å². The zero-order valence-electron chi connectivity index (χ0n) is 3.15. The Morgan fingerprint density at radius 1 is 1.71 bits per heavy atom. The van der Waals surface area contributed by atoms with E-state index >= 15 is 0 Å². The SMILES string of the molecule is O=C(O)CCCl.[BaH2]. The van der Waals surface area contributed by atoms with Crippen molar-refractivity contribution in [3.05, 3.63) is 0 Å². The number of carbonyl (C=O) groups is 1. The van der Waals surface area contributed by atoms with Crippen molar-refractivity contribution in [3.63, 3.8) is 0 Å². The van der Waals surface area contributed by atoms with Crippen LogP contribution in [0.5, 0.6) is 0 Å². The predicted molar refractivity (Wildman–Crippen MR) is 31.5 cm³/mol. The van der Waals surface area contributed by atoms with Crippen molar-refractivity contribution in [1.29, 1.82) is 0 Å². The molecule has 0 spiro atoms. The molecule has 0 fully saturated rings. The molecule has 0 aliphatic heterocycles. The van der Waals surface area contributed by atoms with Crippen LogP contribution in [0, 0.1) is 0 Å². The molecule has 4 heteroatoms. The molecule has 0 saturated carbocycles. The van der Waals surface area contributed by atoms with Crippen LogP contribution in [0.2, 0.25) is 0 Å². The van der Waals surface area contributed by atoms with Crippen molar-refractivity contribution in [3.8, 4) is 0 Å². The third-order valence-corrected chi connectivity index (χ3v) is 0.497. The molecule has 0 aliphatic carbocycles. The zero-order chi connectivity index (χ0) is 4.99. The van der Waals surface area contributed by atoms with Gasteiger partial charge >= 0.3 is 54.9 Å². The number of carboxylic acids is 1. The minimum absolute atomic E-state index is 0. The van der Waals surface area contributed by atoms with Gasteiger partial charge in [0.1, 0.15) is 0 Å². The number of carboxylic acid groups (broad SMARTS) is 1. The first-order valence-electron chi connectivity index (χ1n) is 1.55. The molecule has 7 heavy (non-hydrogen) atoms. The normalized spacial score (nSPS) is 7.00. The average Bonchev–Trinajstić information content (AvgIpc) is 1.35. The summed E-state index contributed by atoms with van der Waals surface area (Å²) in [7, 11) is 0. The second-order valence-corrected chi connectivity index (χ2v) is 1.21. The van der Waals surface area contributed by atoms with Gasteiger partial charge in [0.05, 0.1) is 6.42 Å². The molecule has 0 aromatic rings. The van der Waals surface area contributed by atoms with Crippen LogP contribution < -0.4 is 0 Å². The van der Waals surface area contributed by atoms with Crippen molar-refractivity contribution in [1.82, 2.24) is 0 Å². The molecule has 0 heterocycles. The first kappa shape index (κ1) is 11.2. The van der Waals surface area contributed by atoms with E-state index in [-0.39, 0.29) is 61.2 Å². The van der Waals surface area contributed by atoms with Gasteiger partial charge in [-0.1, -0.05) is 0 Å². The summed E-state index contributed by atoms with van der Waals surface area (Å²) in [6.07, 6.45) is 0.0571. The third-order valence-electron chi connectivity index (χ3n) is 0.308. The average molecular weight is 248 g/mol. The Morgan fingerprint density at radius 2 is 2.14 bits per heavy atom. The van der Waals surface area contributed by atoms with Gasteiger partial charge in [-0.25, -0.2) is 0 Å². The van der Waals surface area contributed by atoms with E-state index in [9.17, 15) is 4.79 Å². The zero-order valence-corrected chi connectivity index (χ0v) is 3.90. The maximum absolute atomic E-state index is 9.51. The summed E-state index contributed by atoms with van der Waals surface area (Å²) in [4.78, 5) is 9.51. The fourth-order valence-corrected chi connectivity index (χ4v) is 0.243. The van der Waals surface area contributed by atoms with Gasteiger partial charge in [-0.3, -0.25) is 4.79 Å². The summed E-state index contributed by atoms with van der Waals surface area (Å²) in [5, 5.41) is 7.83. The number of hydrogen-bond acceptors (Lipinski definition) is 1. The molecular formula is C3H7BaClO2. The molecule has 40 valence electrons. The monoisotopic (exact) mass is 248 g/mol. The molecular weight excluding hydrogens is 241 g/mol. The van der Waals surface area contributed by atoms with Gasteiger partial charge in [0, 0.05) is 5.88 Å². The van der Waals surface area contributed by atoms with Crippen LogP contribution in [0.3, 0.4) is 0 Å². The van der Waals surface area contributed by atoms with E-state index in [2.05, 4.69) is 0 Å². The maximum atomic E-state index is 9.51. The van der Waals surface area contributed by atoms with E-state index in [0.717, 1.165) is 0 Å². The van der Waals surface area contributed by atoms with Crippen LogP contribution in [0.1, 0.15) is 6.42 Å². The topological polar surface area (TPSA) is 37.3 Å². The Balaban J connectivity index is 0. The minimum atomic E-state index is -0.843. The molecule has 2 nitrogen and oxygen atoms in total. The van der Waals surface area contributed by atoms with Crippen molar-refractivity contribution < 1.29 is 9.90 Å². The van der Waals surface area contributed by atoms with Gasteiger partial charge in [0.2, 0.25) is 0 Å². The van der Waals surface area contributed by atoms with E-state index in [4.69, 9.17) is 16.7 Å². The Hall–Kier alpha value is 1.33. The fourth-order valence-electron chi connectivity index (χ4n) is 0.0808. The van der Waals surface area contributed by atoms with Crippen LogP contribution in [0.25, 0.3) is 0 Å². The molecule has 0 aromatic heterocycles. The molecule has 0 aromatic carbocycles. The van der Waals surface area contributed by atoms with Crippen LogP contribution in [-0.2, 0) is 4.79 Å². The van der Waals surface area contributed by atoms with Gasteiger partial charge in [-0.05, 0) is 0 Å². The summed E-state index contributed by atoms with van der Waals surface area (Å²) < 4.78 is 0. The van der Waals surface area contributed by atoms with E-state index in [1.807, 2.05) is 0 Å². The Morgan fingerprint density at radius 3 is 2.14 bits per heavy atom. The molecule has 0 bridgehead atoms. The second kappa shape index (κ2) is 7.33. The molecule has 0 saturated heterocycles. The van der Waals surface area contributed by atoms with E-state index in [0.29, 0.717) is 0 Å². The van der Waals surface area contributed by atoms with Crippen molar-refractivity contribution in [2.45, 2.75) is 6.42 Å². The van der Waals surface area contributed by atoms with Crippen LogP contribution in [0.15, 0.2) is 0 Å². The molecule has 0 unspecified atom stereocenters. The molecule has 0 radical (unpaired) electrons. The molecule has 0 amide bonds. The fraction of sp³-hybridized carbons (Fsp3) is 0.667. The number of halogens is 1. The molecule has 1 N–H and O–H groups in total. The first-order chi connectivity index (χ1) is 2.77. The standard InChI is InChI=1S/C3H5ClO2.Ba.2H/c4-2-1-3(5)6;;;/h1-2H2,(H,5,6);;;.